The normalized spacial score (nSPS) is 22.2. The second-order valence-corrected chi connectivity index (χ2v) is 7.27. The Morgan fingerprint density at radius 1 is 0.917 bits per heavy atom. The number of hydrogen-bond acceptors (Lipinski definition) is 2. The summed E-state index contributed by atoms with van der Waals surface area (Å²) in [6.45, 7) is 4.83. The molecule has 1 saturated heterocycles. The largest absolute Gasteiger partial charge is 0.310 e. The average Bonchev–Trinajstić information content (AvgIpc) is 2.67. The molecule has 0 bridgehead atoms. The Labute approximate surface area is 145 Å². The van der Waals surface area contributed by atoms with Gasteiger partial charge in [0.2, 0.25) is 0 Å². The Morgan fingerprint density at radius 3 is 2.50 bits per heavy atom. The number of benzene rings is 2. The molecular weight excluding hydrogens is 292 g/mol. The van der Waals surface area contributed by atoms with Crippen molar-refractivity contribution in [1.82, 2.24) is 10.2 Å². The van der Waals surface area contributed by atoms with E-state index in [0.717, 1.165) is 12.5 Å². The molecule has 2 aromatic carbocycles. The van der Waals surface area contributed by atoms with E-state index in [1.165, 1.54) is 56.4 Å². The molecule has 2 heteroatoms. The Kier molecular flexibility index (Phi) is 4.96. The molecule has 1 fully saturated rings. The molecule has 2 aromatic rings. The van der Waals surface area contributed by atoms with E-state index >= 15 is 0 Å². The van der Waals surface area contributed by atoms with Gasteiger partial charge >= 0.3 is 0 Å². The summed E-state index contributed by atoms with van der Waals surface area (Å²) in [5.74, 6) is 0.760. The number of likely N-dealkylation sites (tertiary alicyclic amines) is 1. The smallest absolute Gasteiger partial charge is 0.0335 e. The molecule has 1 unspecified atom stereocenters. The minimum Gasteiger partial charge on any atom is -0.310 e. The van der Waals surface area contributed by atoms with Crippen molar-refractivity contribution in [3.8, 4) is 0 Å². The van der Waals surface area contributed by atoms with Gasteiger partial charge in [-0.15, -0.1) is 0 Å². The highest BCUT2D eigenvalue weighted by molar-refractivity contribution is 5.32. The van der Waals surface area contributed by atoms with E-state index < -0.39 is 0 Å². The molecule has 0 spiro atoms. The standard InChI is InChI=1S/C22H28N2/c1-2-6-18(7-3-1)19-11-15-24(16-12-19)17-13-22-21-9-5-4-8-20(21)10-14-23-22/h1-9,19,22-23H,10-17H2. The maximum Gasteiger partial charge on any atom is 0.0335 e. The molecule has 0 amide bonds. The third-order valence-electron chi connectivity index (χ3n) is 5.81. The van der Waals surface area contributed by atoms with Gasteiger partial charge in [-0.2, -0.15) is 0 Å². The summed E-state index contributed by atoms with van der Waals surface area (Å²) in [5.41, 5.74) is 4.60. The van der Waals surface area contributed by atoms with Gasteiger partial charge in [0, 0.05) is 6.04 Å². The number of piperidine rings is 1. The van der Waals surface area contributed by atoms with Crippen LogP contribution in [0.25, 0.3) is 0 Å². The minimum absolute atomic E-state index is 0.543. The summed E-state index contributed by atoms with van der Waals surface area (Å²) < 4.78 is 0. The Morgan fingerprint density at radius 2 is 1.67 bits per heavy atom. The Bertz CT molecular complexity index is 644. The fourth-order valence-electron chi connectivity index (χ4n) is 4.38. The summed E-state index contributed by atoms with van der Waals surface area (Å²) in [6.07, 6.45) is 5.01. The number of rotatable bonds is 4. The zero-order valence-corrected chi connectivity index (χ0v) is 14.5. The molecule has 0 radical (unpaired) electrons. The maximum absolute atomic E-state index is 3.72. The van der Waals surface area contributed by atoms with Gasteiger partial charge in [0.1, 0.15) is 0 Å². The third kappa shape index (κ3) is 3.55. The van der Waals surface area contributed by atoms with Crippen molar-refractivity contribution in [3.05, 3.63) is 71.3 Å². The lowest BCUT2D eigenvalue weighted by Gasteiger charge is -2.34. The van der Waals surface area contributed by atoms with Gasteiger partial charge in [-0.05, 0) is 74.5 Å². The van der Waals surface area contributed by atoms with Gasteiger partial charge in [0.15, 0.2) is 0 Å². The quantitative estimate of drug-likeness (QED) is 0.910. The van der Waals surface area contributed by atoms with Gasteiger partial charge in [-0.1, -0.05) is 54.6 Å². The van der Waals surface area contributed by atoms with E-state index in [-0.39, 0.29) is 0 Å². The molecule has 2 aliphatic rings. The lowest BCUT2D eigenvalue weighted by molar-refractivity contribution is 0.201. The summed E-state index contributed by atoms with van der Waals surface area (Å²) in [7, 11) is 0. The molecule has 2 heterocycles. The molecule has 0 aromatic heterocycles. The number of nitrogens with one attached hydrogen (secondary N) is 1. The van der Waals surface area contributed by atoms with Crippen LogP contribution in [0.2, 0.25) is 0 Å². The minimum atomic E-state index is 0.543. The molecule has 0 saturated carbocycles. The molecule has 2 aliphatic heterocycles. The fraction of sp³-hybridized carbons (Fsp3) is 0.455. The summed E-state index contributed by atoms with van der Waals surface area (Å²) in [4.78, 5) is 2.67. The first-order valence-electron chi connectivity index (χ1n) is 9.48. The fourth-order valence-corrected chi connectivity index (χ4v) is 4.38. The lowest BCUT2D eigenvalue weighted by Crippen LogP contribution is -2.37. The number of fused-ring (bicyclic) bond motifs is 1. The van der Waals surface area contributed by atoms with Gasteiger partial charge in [-0.25, -0.2) is 0 Å². The van der Waals surface area contributed by atoms with Crippen molar-refractivity contribution in [1.29, 1.82) is 0 Å². The number of nitrogens with zero attached hydrogens (tertiary/aromatic N) is 1. The predicted octanol–water partition coefficient (Wildman–Crippen LogP) is 4.14. The van der Waals surface area contributed by atoms with Gasteiger partial charge in [0.05, 0.1) is 0 Å². The molecule has 126 valence electrons. The highest BCUT2D eigenvalue weighted by Crippen LogP contribution is 2.29. The van der Waals surface area contributed by atoms with Crippen LogP contribution in [0, 0.1) is 0 Å². The van der Waals surface area contributed by atoms with Crippen LogP contribution in [-0.4, -0.2) is 31.1 Å². The maximum atomic E-state index is 3.72. The molecule has 2 nitrogen and oxygen atoms in total. The van der Waals surface area contributed by atoms with E-state index in [9.17, 15) is 0 Å². The Hall–Kier alpha value is -1.64. The van der Waals surface area contributed by atoms with Crippen LogP contribution >= 0.6 is 0 Å². The predicted molar refractivity (Wildman–Crippen MR) is 100 cm³/mol. The molecule has 4 rings (SSSR count). The SMILES string of the molecule is c1ccc(C2CCN(CCC3NCCc4ccccc43)CC2)cc1. The van der Waals surface area contributed by atoms with Crippen molar-refractivity contribution in [2.45, 2.75) is 37.6 Å². The lowest BCUT2D eigenvalue weighted by atomic mass is 9.89. The van der Waals surface area contributed by atoms with E-state index in [1.807, 2.05) is 0 Å². The van der Waals surface area contributed by atoms with E-state index in [2.05, 4.69) is 64.8 Å². The first-order valence-corrected chi connectivity index (χ1v) is 9.48. The third-order valence-corrected chi connectivity index (χ3v) is 5.81. The second kappa shape index (κ2) is 7.50. The van der Waals surface area contributed by atoms with Crippen LogP contribution in [0.15, 0.2) is 54.6 Å². The van der Waals surface area contributed by atoms with Crippen molar-refractivity contribution in [2.24, 2.45) is 0 Å². The molecule has 0 aliphatic carbocycles. The Balaban J connectivity index is 1.29. The zero-order chi connectivity index (χ0) is 16.2. The van der Waals surface area contributed by atoms with Gasteiger partial charge < -0.3 is 10.2 Å². The molecule has 1 atom stereocenters. The van der Waals surface area contributed by atoms with E-state index in [4.69, 9.17) is 0 Å². The van der Waals surface area contributed by atoms with Crippen LogP contribution in [-0.2, 0) is 6.42 Å². The van der Waals surface area contributed by atoms with Crippen LogP contribution in [0.5, 0.6) is 0 Å². The highest BCUT2D eigenvalue weighted by atomic mass is 15.1. The summed E-state index contributed by atoms with van der Waals surface area (Å²) in [6, 6.07) is 20.6. The van der Waals surface area contributed by atoms with Crippen molar-refractivity contribution < 1.29 is 0 Å². The topological polar surface area (TPSA) is 15.3 Å². The van der Waals surface area contributed by atoms with Gasteiger partial charge in [-0.3, -0.25) is 0 Å². The summed E-state index contributed by atoms with van der Waals surface area (Å²) >= 11 is 0. The summed E-state index contributed by atoms with van der Waals surface area (Å²) in [5, 5.41) is 3.72. The zero-order valence-electron chi connectivity index (χ0n) is 14.5. The monoisotopic (exact) mass is 320 g/mol. The van der Waals surface area contributed by atoms with Crippen molar-refractivity contribution in [3.63, 3.8) is 0 Å². The van der Waals surface area contributed by atoms with E-state index in [0.29, 0.717) is 6.04 Å². The second-order valence-electron chi connectivity index (χ2n) is 7.27. The van der Waals surface area contributed by atoms with E-state index in [1.54, 1.807) is 5.56 Å². The first kappa shape index (κ1) is 15.9. The number of hydrogen-bond donors (Lipinski definition) is 1. The highest BCUT2D eigenvalue weighted by Gasteiger charge is 2.23. The van der Waals surface area contributed by atoms with Crippen molar-refractivity contribution in [2.75, 3.05) is 26.2 Å². The molecular formula is C22H28N2. The van der Waals surface area contributed by atoms with Crippen LogP contribution in [0.1, 0.15) is 47.9 Å². The van der Waals surface area contributed by atoms with Gasteiger partial charge in [0.25, 0.3) is 0 Å². The van der Waals surface area contributed by atoms with Crippen LogP contribution < -0.4 is 5.32 Å². The van der Waals surface area contributed by atoms with Crippen LogP contribution in [0.4, 0.5) is 0 Å². The molecule has 1 N–H and O–H groups in total. The average molecular weight is 320 g/mol. The van der Waals surface area contributed by atoms with Crippen molar-refractivity contribution >= 4 is 0 Å². The first-order chi connectivity index (χ1) is 11.9. The van der Waals surface area contributed by atoms with Crippen LogP contribution in [0.3, 0.4) is 0 Å². The molecule has 24 heavy (non-hydrogen) atoms.